The topological polar surface area (TPSA) is 69.6 Å². The van der Waals surface area contributed by atoms with Crippen LogP contribution in [0.5, 0.6) is 0 Å². The Morgan fingerprint density at radius 3 is 2.71 bits per heavy atom. The van der Waals surface area contributed by atoms with E-state index in [1.807, 2.05) is 23.5 Å². The molecule has 2 rings (SSSR count). The normalized spacial score (nSPS) is 25.2. The third kappa shape index (κ3) is 3.45. The number of nitrogens with one attached hydrogen (secondary N) is 1. The third-order valence-electron chi connectivity index (χ3n) is 2.88. The molecule has 2 aliphatic rings. The molecule has 2 amide bonds. The summed E-state index contributed by atoms with van der Waals surface area (Å²) in [6, 6.07) is -0.126. The van der Waals surface area contributed by atoms with E-state index >= 15 is 0 Å². The third-order valence-corrected chi connectivity index (χ3v) is 5.73. The molecule has 0 aliphatic carbocycles. The molecule has 96 valence electrons. The SMILES string of the molecule is O=C(O)C1CN(C(=O)NCC2CSCCS2)C1. The van der Waals surface area contributed by atoms with Gasteiger partial charge in [0.1, 0.15) is 0 Å². The van der Waals surface area contributed by atoms with Crippen molar-refractivity contribution in [2.75, 3.05) is 36.9 Å². The maximum Gasteiger partial charge on any atom is 0.317 e. The molecule has 5 nitrogen and oxygen atoms in total. The average molecular weight is 276 g/mol. The number of thioether (sulfide) groups is 2. The van der Waals surface area contributed by atoms with E-state index in [2.05, 4.69) is 5.32 Å². The molecule has 1 unspecified atom stereocenters. The Morgan fingerprint density at radius 2 is 2.12 bits per heavy atom. The zero-order valence-electron chi connectivity index (χ0n) is 9.42. The Morgan fingerprint density at radius 1 is 1.35 bits per heavy atom. The standard InChI is InChI=1S/C10H16N2O3S2/c13-9(14)7-4-12(5-7)10(15)11-3-8-6-16-1-2-17-8/h7-8H,1-6H2,(H,11,15)(H,13,14). The van der Waals surface area contributed by atoms with Gasteiger partial charge in [0.2, 0.25) is 0 Å². The number of amides is 2. The number of urea groups is 1. The van der Waals surface area contributed by atoms with Crippen molar-refractivity contribution in [3.8, 4) is 0 Å². The predicted octanol–water partition coefficient (Wildman–Crippen LogP) is 0.561. The Kier molecular flexibility index (Phi) is 4.44. The number of rotatable bonds is 3. The number of carboxylic acids is 1. The van der Waals surface area contributed by atoms with Gasteiger partial charge in [-0.25, -0.2) is 4.79 Å². The molecule has 2 heterocycles. The fourth-order valence-corrected chi connectivity index (χ4v) is 4.38. The van der Waals surface area contributed by atoms with Gasteiger partial charge in [0.05, 0.1) is 5.92 Å². The van der Waals surface area contributed by atoms with E-state index in [4.69, 9.17) is 5.11 Å². The van der Waals surface area contributed by atoms with Crippen molar-refractivity contribution in [2.45, 2.75) is 5.25 Å². The molecule has 1 atom stereocenters. The molecule has 2 N–H and O–H groups in total. The van der Waals surface area contributed by atoms with Crippen LogP contribution in [0.2, 0.25) is 0 Å². The molecule has 2 saturated heterocycles. The Labute approximate surface area is 109 Å². The van der Waals surface area contributed by atoms with Crippen molar-refractivity contribution in [1.82, 2.24) is 10.2 Å². The van der Waals surface area contributed by atoms with Gasteiger partial charge in [-0.05, 0) is 0 Å². The van der Waals surface area contributed by atoms with Crippen molar-refractivity contribution in [2.24, 2.45) is 5.92 Å². The number of nitrogens with zero attached hydrogens (tertiary/aromatic N) is 1. The highest BCUT2D eigenvalue weighted by Crippen LogP contribution is 2.23. The fraction of sp³-hybridized carbons (Fsp3) is 0.800. The molecular formula is C10H16N2O3S2. The van der Waals surface area contributed by atoms with Crippen molar-refractivity contribution < 1.29 is 14.7 Å². The van der Waals surface area contributed by atoms with Crippen LogP contribution in [0.15, 0.2) is 0 Å². The lowest BCUT2D eigenvalue weighted by Crippen LogP contribution is -2.56. The van der Waals surface area contributed by atoms with E-state index in [-0.39, 0.29) is 11.9 Å². The van der Waals surface area contributed by atoms with Gasteiger partial charge in [-0.15, -0.1) is 0 Å². The van der Waals surface area contributed by atoms with Crippen molar-refractivity contribution in [1.29, 1.82) is 0 Å². The number of carboxylic acid groups (broad SMARTS) is 1. The molecule has 0 spiro atoms. The summed E-state index contributed by atoms with van der Waals surface area (Å²) in [7, 11) is 0. The number of likely N-dealkylation sites (tertiary alicyclic amines) is 1. The number of hydrogen-bond donors (Lipinski definition) is 2. The molecule has 0 aromatic heterocycles. The lowest BCUT2D eigenvalue weighted by atomic mass is 10.0. The van der Waals surface area contributed by atoms with Crippen LogP contribution >= 0.6 is 23.5 Å². The first-order valence-corrected chi connectivity index (χ1v) is 7.82. The van der Waals surface area contributed by atoms with Crippen LogP contribution in [0.4, 0.5) is 4.79 Å². The minimum atomic E-state index is -0.812. The second-order valence-electron chi connectivity index (χ2n) is 4.19. The lowest BCUT2D eigenvalue weighted by Gasteiger charge is -2.36. The summed E-state index contributed by atoms with van der Waals surface area (Å²) in [5, 5.41) is 12.1. The first-order chi connectivity index (χ1) is 8.16. The summed E-state index contributed by atoms with van der Waals surface area (Å²) in [5.41, 5.74) is 0. The van der Waals surface area contributed by atoms with E-state index < -0.39 is 5.97 Å². The average Bonchev–Trinajstić information content (AvgIpc) is 2.25. The van der Waals surface area contributed by atoms with Crippen LogP contribution in [-0.4, -0.2) is 64.1 Å². The van der Waals surface area contributed by atoms with Crippen LogP contribution in [-0.2, 0) is 4.79 Å². The number of hydrogen-bond acceptors (Lipinski definition) is 4. The molecule has 2 fully saturated rings. The van der Waals surface area contributed by atoms with E-state index in [1.54, 1.807) is 4.90 Å². The van der Waals surface area contributed by atoms with Crippen LogP contribution in [0, 0.1) is 5.92 Å². The van der Waals surface area contributed by atoms with Crippen LogP contribution in [0.3, 0.4) is 0 Å². The van der Waals surface area contributed by atoms with Gasteiger partial charge in [-0.2, -0.15) is 23.5 Å². The molecule has 0 aromatic carbocycles. The van der Waals surface area contributed by atoms with Gasteiger partial charge in [0, 0.05) is 42.1 Å². The summed E-state index contributed by atoms with van der Waals surface area (Å²) in [4.78, 5) is 23.8. The van der Waals surface area contributed by atoms with E-state index in [0.717, 1.165) is 11.5 Å². The lowest BCUT2D eigenvalue weighted by molar-refractivity contribution is -0.146. The van der Waals surface area contributed by atoms with Crippen molar-refractivity contribution >= 4 is 35.5 Å². The summed E-state index contributed by atoms with van der Waals surface area (Å²) < 4.78 is 0. The summed E-state index contributed by atoms with van der Waals surface area (Å²) in [6.07, 6.45) is 0. The molecule has 7 heteroatoms. The quantitative estimate of drug-likeness (QED) is 0.788. The second kappa shape index (κ2) is 5.86. The van der Waals surface area contributed by atoms with Gasteiger partial charge in [0.15, 0.2) is 0 Å². The van der Waals surface area contributed by atoms with Crippen molar-refractivity contribution in [3.63, 3.8) is 0 Å². The fourth-order valence-electron chi connectivity index (χ4n) is 1.77. The van der Waals surface area contributed by atoms with Crippen LogP contribution < -0.4 is 5.32 Å². The summed E-state index contributed by atoms with van der Waals surface area (Å²) in [6.45, 7) is 1.37. The molecular weight excluding hydrogens is 260 g/mol. The number of aliphatic carboxylic acids is 1. The molecule has 0 aromatic rings. The number of carbonyl (C=O) groups excluding carboxylic acids is 1. The van der Waals surface area contributed by atoms with Gasteiger partial charge in [0.25, 0.3) is 0 Å². The molecule has 0 bridgehead atoms. The van der Waals surface area contributed by atoms with Crippen LogP contribution in [0.1, 0.15) is 0 Å². The highest BCUT2D eigenvalue weighted by molar-refractivity contribution is 8.06. The maximum absolute atomic E-state index is 11.6. The zero-order valence-corrected chi connectivity index (χ0v) is 11.1. The largest absolute Gasteiger partial charge is 0.481 e. The highest BCUT2D eigenvalue weighted by Gasteiger charge is 2.35. The summed E-state index contributed by atoms with van der Waals surface area (Å²) >= 11 is 3.82. The second-order valence-corrected chi connectivity index (χ2v) is 6.75. The van der Waals surface area contributed by atoms with Gasteiger partial charge < -0.3 is 15.3 Å². The Hall–Kier alpha value is -0.560. The highest BCUT2D eigenvalue weighted by atomic mass is 32.2. The van der Waals surface area contributed by atoms with Gasteiger partial charge in [-0.3, -0.25) is 4.79 Å². The van der Waals surface area contributed by atoms with Crippen molar-refractivity contribution in [3.05, 3.63) is 0 Å². The first kappa shape index (κ1) is 12.9. The Balaban J connectivity index is 1.63. The monoisotopic (exact) mass is 276 g/mol. The smallest absolute Gasteiger partial charge is 0.317 e. The molecule has 0 saturated carbocycles. The minimum Gasteiger partial charge on any atom is -0.481 e. The zero-order chi connectivity index (χ0) is 12.3. The van der Waals surface area contributed by atoms with Gasteiger partial charge in [-0.1, -0.05) is 0 Å². The summed E-state index contributed by atoms with van der Waals surface area (Å²) in [5.74, 6) is 2.24. The maximum atomic E-state index is 11.6. The minimum absolute atomic E-state index is 0.126. The molecule has 17 heavy (non-hydrogen) atoms. The van der Waals surface area contributed by atoms with E-state index in [1.165, 1.54) is 5.75 Å². The van der Waals surface area contributed by atoms with Gasteiger partial charge >= 0.3 is 12.0 Å². The predicted molar refractivity (Wildman–Crippen MR) is 69.7 cm³/mol. The van der Waals surface area contributed by atoms with Crippen LogP contribution in [0.25, 0.3) is 0 Å². The number of carbonyl (C=O) groups is 2. The molecule has 2 aliphatic heterocycles. The Bertz CT molecular complexity index is 302. The molecule has 0 radical (unpaired) electrons. The first-order valence-electron chi connectivity index (χ1n) is 5.61. The van der Waals surface area contributed by atoms with E-state index in [0.29, 0.717) is 24.9 Å². The van der Waals surface area contributed by atoms with E-state index in [9.17, 15) is 9.59 Å².